The molecule has 3 amide bonds. The number of aliphatic hydroxyl groups excluding tert-OH is 1. The fourth-order valence-electron chi connectivity index (χ4n) is 5.89. The van der Waals surface area contributed by atoms with Crippen LogP contribution in [0.15, 0.2) is 51.5 Å². The number of carbonyl (C=O) groups excluding carboxylic acids is 2. The summed E-state index contributed by atoms with van der Waals surface area (Å²) in [4.78, 5) is 24.3. The normalized spacial score (nSPS) is 31.9. The molecule has 35 heavy (non-hydrogen) atoms. The van der Waals surface area contributed by atoms with Gasteiger partial charge in [-0.1, -0.05) is 44.6 Å². The Morgan fingerprint density at radius 2 is 2.03 bits per heavy atom. The molecule has 1 spiro atoms. The number of hydrazone groups is 1. The van der Waals surface area contributed by atoms with Crippen molar-refractivity contribution in [2.75, 3.05) is 6.26 Å². The van der Waals surface area contributed by atoms with Crippen molar-refractivity contribution in [1.29, 1.82) is 0 Å². The summed E-state index contributed by atoms with van der Waals surface area (Å²) in [6.07, 6.45) is 6.80. The molecule has 184 valence electrons. The van der Waals surface area contributed by atoms with Crippen LogP contribution in [0, 0.1) is 10.8 Å². The number of fused-ring (bicyclic) bond motifs is 3. The molecule has 9 nitrogen and oxygen atoms in total. The average molecular weight is 497 g/mol. The number of nitrogens with zero attached hydrogens (tertiary/aromatic N) is 1. The van der Waals surface area contributed by atoms with E-state index in [9.17, 15) is 18.9 Å². The summed E-state index contributed by atoms with van der Waals surface area (Å²) >= 11 is 0. The van der Waals surface area contributed by atoms with Crippen molar-refractivity contribution in [3.8, 4) is 5.75 Å². The Morgan fingerprint density at radius 3 is 2.69 bits per heavy atom. The lowest BCUT2D eigenvalue weighted by Crippen LogP contribution is -2.62. The van der Waals surface area contributed by atoms with Crippen LogP contribution in [-0.2, 0) is 17.2 Å². The van der Waals surface area contributed by atoms with Crippen LogP contribution >= 0.6 is 0 Å². The molecule has 4 aliphatic rings. The third-order valence-corrected chi connectivity index (χ3v) is 8.81. The molecule has 2 heterocycles. The molecule has 0 fully saturated rings. The van der Waals surface area contributed by atoms with Gasteiger partial charge in [-0.2, -0.15) is 5.10 Å². The number of allylic oxidation sites excluding steroid dienone is 3. The van der Waals surface area contributed by atoms with Crippen LogP contribution in [0.2, 0.25) is 0 Å². The lowest BCUT2D eigenvalue weighted by molar-refractivity contribution is 0.00746. The summed E-state index contributed by atoms with van der Waals surface area (Å²) in [6, 6.07) is 2.77. The van der Waals surface area contributed by atoms with E-state index in [1.54, 1.807) is 12.3 Å². The first-order valence-corrected chi connectivity index (χ1v) is 12.8. The summed E-state index contributed by atoms with van der Waals surface area (Å²) in [5.74, 6) is 0.0948. The summed E-state index contributed by atoms with van der Waals surface area (Å²) < 4.78 is 19.9. The van der Waals surface area contributed by atoms with Crippen molar-refractivity contribution < 1.29 is 23.6 Å². The summed E-state index contributed by atoms with van der Waals surface area (Å²) in [6.45, 7) is 8.02. The molecule has 5 rings (SSSR count). The molecule has 10 heteroatoms. The van der Waals surface area contributed by atoms with Crippen LogP contribution in [0.4, 0.5) is 4.79 Å². The van der Waals surface area contributed by atoms with E-state index < -0.39 is 39.5 Å². The number of hydrogen-bond donors (Lipinski definition) is 4. The Labute approximate surface area is 205 Å². The van der Waals surface area contributed by atoms with Gasteiger partial charge in [0, 0.05) is 17.1 Å². The fraction of sp³-hybridized carbons (Fsp3) is 0.400. The topological polar surface area (TPSA) is 143 Å². The molecule has 0 aromatic heterocycles. The molecule has 0 saturated carbocycles. The molecule has 1 aromatic carbocycles. The van der Waals surface area contributed by atoms with Crippen LogP contribution in [0.3, 0.4) is 0 Å². The number of urea groups is 1. The number of hydrogen-bond acceptors (Lipinski definition) is 6. The van der Waals surface area contributed by atoms with Gasteiger partial charge in [-0.15, -0.1) is 0 Å². The van der Waals surface area contributed by atoms with Crippen molar-refractivity contribution in [3.05, 3.63) is 63.1 Å². The first-order valence-electron chi connectivity index (χ1n) is 11.3. The molecule has 5 N–H and O–H groups in total. The molecular formula is C25H28N4O5S. The number of nitrogens with two attached hydrogens (primary N) is 1. The lowest BCUT2D eigenvalue weighted by Gasteiger charge is -2.58. The second-order valence-corrected chi connectivity index (χ2v) is 11.5. The Kier molecular flexibility index (Phi) is 4.95. The minimum atomic E-state index is -1.48. The quantitative estimate of drug-likeness (QED) is 0.465. The summed E-state index contributed by atoms with van der Waals surface area (Å²) in [5.41, 5.74) is 9.12. The van der Waals surface area contributed by atoms with Gasteiger partial charge in [0.15, 0.2) is 11.8 Å². The van der Waals surface area contributed by atoms with Gasteiger partial charge >= 0.3 is 6.03 Å². The number of aliphatic hydroxyl groups is 1. The fourth-order valence-corrected chi connectivity index (χ4v) is 6.79. The van der Waals surface area contributed by atoms with Gasteiger partial charge in [0.2, 0.25) is 0 Å². The van der Waals surface area contributed by atoms with E-state index in [-0.39, 0.29) is 5.91 Å². The molecule has 2 aliphatic heterocycles. The van der Waals surface area contributed by atoms with Crippen molar-refractivity contribution >= 4 is 28.4 Å². The minimum absolute atomic E-state index is 0.359. The number of carbonyl (C=O) groups is 2. The zero-order valence-corrected chi connectivity index (χ0v) is 21.0. The third kappa shape index (κ3) is 3.02. The van der Waals surface area contributed by atoms with Gasteiger partial charge in [0.25, 0.3) is 5.91 Å². The molecule has 0 radical (unpaired) electrons. The van der Waals surface area contributed by atoms with Crippen molar-refractivity contribution in [1.82, 2.24) is 10.7 Å². The van der Waals surface area contributed by atoms with Gasteiger partial charge in [0.05, 0.1) is 32.5 Å². The van der Waals surface area contributed by atoms with E-state index >= 15 is 0 Å². The molecular weight excluding hydrogens is 468 g/mol. The highest BCUT2D eigenvalue weighted by molar-refractivity contribution is 7.89. The highest BCUT2D eigenvalue weighted by atomic mass is 32.2. The van der Waals surface area contributed by atoms with E-state index in [1.165, 1.54) is 0 Å². The summed E-state index contributed by atoms with van der Waals surface area (Å²) in [7, 11) is -1.48. The second kappa shape index (κ2) is 7.38. The van der Waals surface area contributed by atoms with Crippen molar-refractivity contribution in [2.45, 2.75) is 45.9 Å². The van der Waals surface area contributed by atoms with Crippen LogP contribution in [0.1, 0.15) is 55.4 Å². The number of amides is 3. The van der Waals surface area contributed by atoms with Gasteiger partial charge in [-0.05, 0) is 36.6 Å². The number of ether oxygens (including phenoxy) is 1. The van der Waals surface area contributed by atoms with Crippen LogP contribution in [0.25, 0.3) is 0 Å². The van der Waals surface area contributed by atoms with E-state index in [0.717, 1.165) is 16.7 Å². The molecule has 4 atom stereocenters. The van der Waals surface area contributed by atoms with Crippen LogP contribution in [0.5, 0.6) is 5.75 Å². The molecule has 0 bridgehead atoms. The first-order chi connectivity index (χ1) is 16.3. The maximum atomic E-state index is 13.0. The molecule has 2 aliphatic carbocycles. The Balaban J connectivity index is 1.82. The zero-order chi connectivity index (χ0) is 25.5. The zero-order valence-electron chi connectivity index (χ0n) is 20.2. The average Bonchev–Trinajstić information content (AvgIpc) is 3.05. The van der Waals surface area contributed by atoms with Crippen molar-refractivity contribution in [2.24, 2.45) is 21.7 Å². The number of nitrogens with one attached hydrogen (secondary N) is 2. The van der Waals surface area contributed by atoms with Gasteiger partial charge in [0.1, 0.15) is 5.75 Å². The van der Waals surface area contributed by atoms with Gasteiger partial charge in [-0.25, -0.2) is 10.2 Å². The van der Waals surface area contributed by atoms with E-state index in [4.69, 9.17) is 10.5 Å². The SMILES string of the molecule is CC1=CC=C2C(C)(C)C(=NNC(N)=O)C(S(C)=O)=CC23Oc2c(ccc4c2C(O)NC4=O)CC13C. The molecule has 0 saturated heterocycles. The predicted octanol–water partition coefficient (Wildman–Crippen LogP) is 2.31. The van der Waals surface area contributed by atoms with Crippen LogP contribution in [-0.4, -0.2) is 38.8 Å². The highest BCUT2D eigenvalue weighted by Crippen LogP contribution is 2.62. The van der Waals surface area contributed by atoms with Crippen molar-refractivity contribution in [3.63, 3.8) is 0 Å². The van der Waals surface area contributed by atoms with Gasteiger partial charge < -0.3 is 20.9 Å². The van der Waals surface area contributed by atoms with Gasteiger partial charge in [-0.3, -0.25) is 9.00 Å². The smallest absolute Gasteiger partial charge is 0.332 e. The maximum Gasteiger partial charge on any atom is 0.332 e. The Bertz CT molecular complexity index is 1360. The summed E-state index contributed by atoms with van der Waals surface area (Å²) in [5, 5.41) is 17.4. The minimum Gasteiger partial charge on any atom is -0.477 e. The predicted molar refractivity (Wildman–Crippen MR) is 132 cm³/mol. The number of rotatable bonds is 2. The number of primary amides is 1. The second-order valence-electron chi connectivity index (χ2n) is 10.2. The van der Waals surface area contributed by atoms with Crippen LogP contribution < -0.4 is 21.2 Å². The molecule has 4 unspecified atom stereocenters. The molecule has 1 aromatic rings. The standard InChI is InChI=1S/C25H28N4O5S/c1-12-6-9-16-23(2,3)19(28-29-22(26)32)15(35(5)33)11-25(16)24(12,4)10-13-7-8-14-17(18(13)34-25)21(31)27-20(14)30/h6-9,11,21,31H,10H2,1-5H3,(H,27,30)(H3,26,29,32). The Hall–Kier alpha value is -3.24. The van der Waals surface area contributed by atoms with E-state index in [1.807, 2.05) is 39.0 Å². The highest BCUT2D eigenvalue weighted by Gasteiger charge is 2.63. The largest absolute Gasteiger partial charge is 0.477 e. The maximum absolute atomic E-state index is 13.0. The van der Waals surface area contributed by atoms with E-state index in [2.05, 4.69) is 28.8 Å². The Morgan fingerprint density at radius 1 is 1.31 bits per heavy atom. The number of benzene rings is 1. The van der Waals surface area contributed by atoms with E-state index in [0.29, 0.717) is 33.9 Å². The monoisotopic (exact) mass is 496 g/mol. The lowest BCUT2D eigenvalue weighted by atomic mass is 9.52. The third-order valence-electron chi connectivity index (χ3n) is 7.88. The first kappa shape index (κ1) is 23.5.